The number of hydrogen-bond donors (Lipinski definition) is 0. The minimum Gasteiger partial charge on any atom is -0.368 e. The summed E-state index contributed by atoms with van der Waals surface area (Å²) in [6.45, 7) is 3.00. The third-order valence-electron chi connectivity index (χ3n) is 4.06. The first-order chi connectivity index (χ1) is 8.34. The van der Waals surface area contributed by atoms with Gasteiger partial charge in [-0.3, -0.25) is 0 Å². The van der Waals surface area contributed by atoms with Gasteiger partial charge in [0, 0.05) is 12.5 Å². The zero-order valence-electron chi connectivity index (χ0n) is 10.4. The maximum atomic E-state index is 5.66. The van der Waals surface area contributed by atoms with Gasteiger partial charge in [0.05, 0.1) is 0 Å². The SMILES string of the molecule is C[C@@H]1CCO[C@@H]1c1nc(C2CCCCC2)no1. The molecule has 0 amide bonds. The van der Waals surface area contributed by atoms with Crippen LogP contribution in [0.4, 0.5) is 0 Å². The summed E-state index contributed by atoms with van der Waals surface area (Å²) in [4.78, 5) is 4.56. The van der Waals surface area contributed by atoms with Crippen molar-refractivity contribution in [3.05, 3.63) is 11.7 Å². The van der Waals surface area contributed by atoms with Crippen molar-refractivity contribution in [1.82, 2.24) is 10.1 Å². The van der Waals surface area contributed by atoms with Crippen molar-refractivity contribution < 1.29 is 9.26 Å². The number of rotatable bonds is 2. The van der Waals surface area contributed by atoms with E-state index < -0.39 is 0 Å². The summed E-state index contributed by atoms with van der Waals surface area (Å²) in [6.07, 6.45) is 7.48. The van der Waals surface area contributed by atoms with E-state index in [-0.39, 0.29) is 6.10 Å². The predicted octanol–water partition coefficient (Wildman–Crippen LogP) is 3.21. The standard InChI is InChI=1S/C13H20N2O2/c1-9-7-8-16-11(9)13-14-12(15-17-13)10-5-3-2-4-6-10/h9-11H,2-8H2,1H3/t9-,11+/m1/s1. The fraction of sp³-hybridized carbons (Fsp3) is 0.846. The van der Waals surface area contributed by atoms with E-state index in [1.807, 2.05) is 0 Å². The zero-order valence-corrected chi connectivity index (χ0v) is 10.4. The summed E-state index contributed by atoms with van der Waals surface area (Å²) in [5.74, 6) is 2.60. The number of aromatic nitrogens is 2. The van der Waals surface area contributed by atoms with E-state index in [9.17, 15) is 0 Å². The molecule has 1 saturated carbocycles. The van der Waals surface area contributed by atoms with E-state index in [1.54, 1.807) is 0 Å². The van der Waals surface area contributed by atoms with E-state index in [2.05, 4.69) is 17.1 Å². The van der Waals surface area contributed by atoms with Crippen LogP contribution in [-0.4, -0.2) is 16.7 Å². The highest BCUT2D eigenvalue weighted by Gasteiger charge is 2.32. The topological polar surface area (TPSA) is 48.2 Å². The average Bonchev–Trinajstić information content (AvgIpc) is 2.98. The minimum absolute atomic E-state index is 0.0276. The molecule has 0 bridgehead atoms. The Balaban J connectivity index is 1.73. The molecule has 2 heterocycles. The third-order valence-corrected chi connectivity index (χ3v) is 4.06. The lowest BCUT2D eigenvalue weighted by Crippen LogP contribution is -2.08. The van der Waals surface area contributed by atoms with Crippen molar-refractivity contribution in [2.75, 3.05) is 6.61 Å². The lowest BCUT2D eigenvalue weighted by Gasteiger charge is -2.17. The second kappa shape index (κ2) is 4.77. The normalized spacial score (nSPS) is 30.9. The van der Waals surface area contributed by atoms with Gasteiger partial charge in [0.25, 0.3) is 5.89 Å². The first-order valence-electron chi connectivity index (χ1n) is 6.79. The molecule has 1 saturated heterocycles. The summed E-state index contributed by atoms with van der Waals surface area (Å²) in [5.41, 5.74) is 0. The van der Waals surface area contributed by atoms with Crippen LogP contribution in [0, 0.1) is 5.92 Å². The fourth-order valence-electron chi connectivity index (χ4n) is 2.90. The molecule has 0 unspecified atom stereocenters. The maximum absolute atomic E-state index is 5.66. The van der Waals surface area contributed by atoms with Crippen LogP contribution in [0.5, 0.6) is 0 Å². The highest BCUT2D eigenvalue weighted by Crippen LogP contribution is 2.35. The molecule has 1 aliphatic carbocycles. The molecule has 3 rings (SSSR count). The Bertz CT molecular complexity index is 371. The third kappa shape index (κ3) is 2.23. The van der Waals surface area contributed by atoms with Crippen molar-refractivity contribution >= 4 is 0 Å². The molecule has 0 aromatic carbocycles. The van der Waals surface area contributed by atoms with E-state index in [1.165, 1.54) is 32.1 Å². The highest BCUT2D eigenvalue weighted by molar-refractivity contribution is 5.00. The van der Waals surface area contributed by atoms with E-state index >= 15 is 0 Å². The van der Waals surface area contributed by atoms with Crippen LogP contribution >= 0.6 is 0 Å². The molecular formula is C13H20N2O2. The molecule has 1 aromatic heterocycles. The number of hydrogen-bond acceptors (Lipinski definition) is 4. The minimum atomic E-state index is 0.0276. The van der Waals surface area contributed by atoms with Crippen LogP contribution in [0.2, 0.25) is 0 Å². The Morgan fingerprint density at radius 3 is 2.65 bits per heavy atom. The molecule has 0 spiro atoms. The Kier molecular flexibility index (Phi) is 3.14. The van der Waals surface area contributed by atoms with Crippen LogP contribution in [0.25, 0.3) is 0 Å². The lowest BCUT2D eigenvalue weighted by molar-refractivity contribution is 0.0661. The molecule has 1 aliphatic heterocycles. The van der Waals surface area contributed by atoms with Gasteiger partial charge in [-0.2, -0.15) is 4.98 Å². The summed E-state index contributed by atoms with van der Waals surface area (Å²) >= 11 is 0. The van der Waals surface area contributed by atoms with Gasteiger partial charge < -0.3 is 9.26 Å². The van der Waals surface area contributed by atoms with Crippen LogP contribution in [0.1, 0.15) is 69.2 Å². The van der Waals surface area contributed by atoms with Crippen molar-refractivity contribution in [1.29, 1.82) is 0 Å². The smallest absolute Gasteiger partial charge is 0.256 e. The quantitative estimate of drug-likeness (QED) is 0.791. The Labute approximate surface area is 102 Å². The highest BCUT2D eigenvalue weighted by atomic mass is 16.5. The van der Waals surface area contributed by atoms with Gasteiger partial charge in [-0.05, 0) is 25.2 Å². The van der Waals surface area contributed by atoms with Crippen molar-refractivity contribution in [2.24, 2.45) is 5.92 Å². The van der Waals surface area contributed by atoms with Gasteiger partial charge in [0.1, 0.15) is 6.10 Å². The van der Waals surface area contributed by atoms with E-state index in [4.69, 9.17) is 9.26 Å². The van der Waals surface area contributed by atoms with E-state index in [0.717, 1.165) is 18.9 Å². The van der Waals surface area contributed by atoms with Crippen LogP contribution < -0.4 is 0 Å². The van der Waals surface area contributed by atoms with Gasteiger partial charge in [0.15, 0.2) is 5.82 Å². The molecular weight excluding hydrogens is 216 g/mol. The maximum Gasteiger partial charge on any atom is 0.256 e. The molecule has 4 heteroatoms. The van der Waals surface area contributed by atoms with Crippen LogP contribution in [0.3, 0.4) is 0 Å². The molecule has 4 nitrogen and oxygen atoms in total. The molecule has 0 radical (unpaired) electrons. The Hall–Kier alpha value is -0.900. The van der Waals surface area contributed by atoms with E-state index in [0.29, 0.717) is 17.7 Å². The lowest BCUT2D eigenvalue weighted by atomic mass is 9.89. The van der Waals surface area contributed by atoms with Crippen molar-refractivity contribution in [3.63, 3.8) is 0 Å². The fourth-order valence-corrected chi connectivity index (χ4v) is 2.90. The molecule has 2 aliphatic rings. The van der Waals surface area contributed by atoms with Crippen molar-refractivity contribution in [2.45, 2.75) is 57.5 Å². The van der Waals surface area contributed by atoms with Gasteiger partial charge in [0.2, 0.25) is 0 Å². The predicted molar refractivity (Wildman–Crippen MR) is 62.6 cm³/mol. The Morgan fingerprint density at radius 1 is 1.12 bits per heavy atom. The second-order valence-electron chi connectivity index (χ2n) is 5.38. The molecule has 0 N–H and O–H groups in total. The van der Waals surface area contributed by atoms with Gasteiger partial charge >= 0.3 is 0 Å². The summed E-state index contributed by atoms with van der Waals surface area (Å²) < 4.78 is 11.0. The first-order valence-corrected chi connectivity index (χ1v) is 6.79. The number of ether oxygens (including phenoxy) is 1. The summed E-state index contributed by atoms with van der Waals surface area (Å²) in [7, 11) is 0. The van der Waals surface area contributed by atoms with Crippen molar-refractivity contribution in [3.8, 4) is 0 Å². The van der Waals surface area contributed by atoms with Gasteiger partial charge in [-0.15, -0.1) is 0 Å². The zero-order chi connectivity index (χ0) is 11.7. The number of nitrogens with zero attached hydrogens (tertiary/aromatic N) is 2. The largest absolute Gasteiger partial charge is 0.368 e. The first kappa shape index (κ1) is 11.2. The second-order valence-corrected chi connectivity index (χ2v) is 5.38. The van der Waals surface area contributed by atoms with Gasteiger partial charge in [-0.25, -0.2) is 0 Å². The Morgan fingerprint density at radius 2 is 1.94 bits per heavy atom. The summed E-state index contributed by atoms with van der Waals surface area (Å²) in [6, 6.07) is 0. The monoisotopic (exact) mass is 236 g/mol. The van der Waals surface area contributed by atoms with Crippen LogP contribution in [0.15, 0.2) is 4.52 Å². The molecule has 2 atom stereocenters. The molecule has 17 heavy (non-hydrogen) atoms. The average molecular weight is 236 g/mol. The van der Waals surface area contributed by atoms with Crippen LogP contribution in [-0.2, 0) is 4.74 Å². The molecule has 2 fully saturated rings. The summed E-state index contributed by atoms with van der Waals surface area (Å²) in [5, 5.41) is 4.15. The molecule has 1 aromatic rings. The van der Waals surface area contributed by atoms with Gasteiger partial charge in [-0.1, -0.05) is 31.3 Å². The molecule has 94 valence electrons.